The third-order valence-electron chi connectivity index (χ3n) is 2.56. The van der Waals surface area contributed by atoms with Gasteiger partial charge in [0.15, 0.2) is 0 Å². The molecule has 0 fully saturated rings. The van der Waals surface area contributed by atoms with E-state index in [1.54, 1.807) is 6.33 Å². The van der Waals surface area contributed by atoms with Gasteiger partial charge >= 0.3 is 0 Å². The predicted molar refractivity (Wildman–Crippen MR) is 68.0 cm³/mol. The van der Waals surface area contributed by atoms with Crippen molar-refractivity contribution in [2.75, 3.05) is 0 Å². The van der Waals surface area contributed by atoms with Gasteiger partial charge in [0, 0.05) is 0 Å². The number of fused-ring (bicyclic) bond motifs is 2. The van der Waals surface area contributed by atoms with Gasteiger partial charge in [-0.1, -0.05) is 0 Å². The quantitative estimate of drug-likeness (QED) is 0.559. The summed E-state index contributed by atoms with van der Waals surface area (Å²) in [5, 5.41) is 0. The van der Waals surface area contributed by atoms with Crippen LogP contribution in [0.2, 0.25) is 0 Å². The second-order valence-electron chi connectivity index (χ2n) is 3.51. The van der Waals surface area contributed by atoms with Crippen molar-refractivity contribution in [3.63, 3.8) is 0 Å². The van der Waals surface area contributed by atoms with Crippen LogP contribution in [0.3, 0.4) is 0 Å². The van der Waals surface area contributed by atoms with Gasteiger partial charge in [0.25, 0.3) is 0 Å². The summed E-state index contributed by atoms with van der Waals surface area (Å²) in [6.45, 7) is 1.99. The molecule has 3 aromatic rings. The summed E-state index contributed by atoms with van der Waals surface area (Å²) in [5.74, 6) is 0.984. The Bertz CT molecular complexity index is 667. The smallest absolute Gasteiger partial charge is 0.109 e. The second kappa shape index (κ2) is 3.01. The van der Waals surface area contributed by atoms with E-state index in [2.05, 4.69) is 40.9 Å². The Morgan fingerprint density at radius 1 is 1.13 bits per heavy atom. The molecule has 2 aromatic heterocycles. The zero-order valence-corrected chi connectivity index (χ0v) is 10.5. The van der Waals surface area contributed by atoms with Crippen LogP contribution in [-0.4, -0.2) is 18.6 Å². The summed E-state index contributed by atoms with van der Waals surface area (Å²) < 4.78 is 3.92. The fourth-order valence-corrected chi connectivity index (χ4v) is 2.27. The molecule has 0 amide bonds. The van der Waals surface area contributed by atoms with Gasteiger partial charge in [-0.2, -0.15) is 0 Å². The summed E-state index contributed by atoms with van der Waals surface area (Å²) in [5.41, 5.74) is 4.16. The molecule has 0 radical (unpaired) electrons. The molecule has 2 unspecified atom stereocenters. The first-order chi connectivity index (χ1) is 7.16. The number of benzene rings is 1. The van der Waals surface area contributed by atoms with Crippen LogP contribution in [0.1, 0.15) is 5.82 Å². The van der Waals surface area contributed by atoms with E-state index in [0.29, 0.717) is 0 Å². The van der Waals surface area contributed by atoms with E-state index in [1.165, 1.54) is 0 Å². The Morgan fingerprint density at radius 3 is 2.67 bits per heavy atom. The Balaban J connectivity index is 2.54. The molecule has 0 aliphatic heterocycles. The highest BCUT2D eigenvalue weighted by atomic mass is 31.0. The lowest BCUT2D eigenvalue weighted by atomic mass is 10.3. The maximum absolute atomic E-state index is 4.48. The standard InChI is InChI=1S/C9H10N4P2/c1-5-11-7-3-8-6(10-4-12(8)14)2-9(7)13(5)15/h2-4H,14-15H2,1H3. The molecule has 1 aromatic carbocycles. The summed E-state index contributed by atoms with van der Waals surface area (Å²) in [4.78, 5) is 8.79. The third kappa shape index (κ3) is 1.22. The highest BCUT2D eigenvalue weighted by Gasteiger charge is 2.08. The summed E-state index contributed by atoms with van der Waals surface area (Å²) in [7, 11) is 5.27. The van der Waals surface area contributed by atoms with E-state index in [9.17, 15) is 0 Å². The third-order valence-corrected chi connectivity index (χ3v) is 3.62. The maximum Gasteiger partial charge on any atom is 0.109 e. The van der Waals surface area contributed by atoms with Crippen molar-refractivity contribution in [3.05, 3.63) is 24.3 Å². The molecule has 15 heavy (non-hydrogen) atoms. The van der Waals surface area contributed by atoms with Gasteiger partial charge in [0.1, 0.15) is 5.82 Å². The van der Waals surface area contributed by atoms with Crippen molar-refractivity contribution in [3.8, 4) is 0 Å². The number of rotatable bonds is 0. The first-order valence-electron chi connectivity index (χ1n) is 4.53. The van der Waals surface area contributed by atoms with Crippen LogP contribution < -0.4 is 0 Å². The van der Waals surface area contributed by atoms with Crippen molar-refractivity contribution < 1.29 is 0 Å². The van der Waals surface area contributed by atoms with Gasteiger partial charge < -0.3 is 8.68 Å². The summed E-state index contributed by atoms with van der Waals surface area (Å²) in [6.07, 6.45) is 1.79. The number of hydrogen-bond acceptors (Lipinski definition) is 2. The highest BCUT2D eigenvalue weighted by Crippen LogP contribution is 2.24. The molecule has 0 N–H and O–H groups in total. The minimum absolute atomic E-state index is 0.984. The van der Waals surface area contributed by atoms with Crippen LogP contribution in [-0.2, 0) is 0 Å². The molecule has 76 valence electrons. The lowest BCUT2D eigenvalue weighted by Crippen LogP contribution is -1.81. The van der Waals surface area contributed by atoms with Gasteiger partial charge in [-0.05, 0) is 37.8 Å². The van der Waals surface area contributed by atoms with Crippen LogP contribution in [0.15, 0.2) is 18.5 Å². The van der Waals surface area contributed by atoms with E-state index in [-0.39, 0.29) is 0 Å². The predicted octanol–water partition coefficient (Wildman–Crippen LogP) is 1.97. The number of hydrogen-bond donors (Lipinski definition) is 0. The monoisotopic (exact) mass is 236 g/mol. The average molecular weight is 236 g/mol. The van der Waals surface area contributed by atoms with Gasteiger partial charge in [0.05, 0.1) is 28.4 Å². The zero-order valence-electron chi connectivity index (χ0n) is 8.18. The topological polar surface area (TPSA) is 35.6 Å². The van der Waals surface area contributed by atoms with Gasteiger partial charge in [0.2, 0.25) is 0 Å². The van der Waals surface area contributed by atoms with E-state index < -0.39 is 0 Å². The molecule has 6 heteroatoms. The fourth-order valence-electron chi connectivity index (χ4n) is 1.74. The summed E-state index contributed by atoms with van der Waals surface area (Å²) >= 11 is 0. The van der Waals surface area contributed by atoms with Crippen LogP contribution >= 0.6 is 18.8 Å². The largest absolute Gasteiger partial charge is 0.315 e. The summed E-state index contributed by atoms with van der Waals surface area (Å²) in [6, 6.07) is 4.11. The zero-order chi connectivity index (χ0) is 10.6. The number of aryl methyl sites for hydroxylation is 1. The molecule has 0 aliphatic rings. The Morgan fingerprint density at radius 2 is 1.87 bits per heavy atom. The van der Waals surface area contributed by atoms with E-state index in [0.717, 1.165) is 27.9 Å². The first-order valence-corrected chi connectivity index (χ1v) is 5.56. The Kier molecular flexibility index (Phi) is 1.86. The van der Waals surface area contributed by atoms with Crippen molar-refractivity contribution in [1.82, 2.24) is 18.6 Å². The molecule has 4 nitrogen and oxygen atoms in total. The average Bonchev–Trinajstić information content (AvgIpc) is 2.70. The van der Waals surface area contributed by atoms with Gasteiger partial charge in [-0.25, -0.2) is 9.97 Å². The van der Waals surface area contributed by atoms with Crippen molar-refractivity contribution in [2.24, 2.45) is 0 Å². The van der Waals surface area contributed by atoms with E-state index in [4.69, 9.17) is 0 Å². The van der Waals surface area contributed by atoms with E-state index >= 15 is 0 Å². The molecular formula is C9H10N4P2. The SMILES string of the molecule is Cc1nc2cc3c(cc2n1P)ncn3P. The second-order valence-corrected chi connectivity index (χ2v) is 4.58. The van der Waals surface area contributed by atoms with Gasteiger partial charge in [-0.3, -0.25) is 0 Å². The minimum atomic E-state index is 0.984. The molecule has 0 aliphatic carbocycles. The molecule has 0 saturated heterocycles. The molecular weight excluding hydrogens is 226 g/mol. The molecule has 0 saturated carbocycles. The molecule has 0 bridgehead atoms. The molecule has 2 heterocycles. The Hall–Kier alpha value is -0.980. The van der Waals surface area contributed by atoms with Crippen LogP contribution in [0, 0.1) is 6.92 Å². The van der Waals surface area contributed by atoms with Crippen molar-refractivity contribution >= 4 is 40.8 Å². The van der Waals surface area contributed by atoms with Crippen molar-refractivity contribution in [2.45, 2.75) is 6.92 Å². The van der Waals surface area contributed by atoms with Crippen LogP contribution in [0.4, 0.5) is 0 Å². The first kappa shape index (κ1) is 9.26. The fraction of sp³-hybridized carbons (Fsp3) is 0.111. The van der Waals surface area contributed by atoms with Crippen LogP contribution in [0.25, 0.3) is 22.1 Å². The van der Waals surface area contributed by atoms with Crippen molar-refractivity contribution in [1.29, 1.82) is 0 Å². The molecule has 3 rings (SSSR count). The highest BCUT2D eigenvalue weighted by molar-refractivity contribution is 7.15. The van der Waals surface area contributed by atoms with Crippen LogP contribution in [0.5, 0.6) is 0 Å². The number of imidazole rings is 2. The lowest BCUT2D eigenvalue weighted by molar-refractivity contribution is 1.12. The molecule has 2 atom stereocenters. The number of nitrogens with zero attached hydrogens (tertiary/aromatic N) is 4. The molecule has 0 spiro atoms. The van der Waals surface area contributed by atoms with Gasteiger partial charge in [-0.15, -0.1) is 0 Å². The Labute approximate surface area is 91.2 Å². The lowest BCUT2D eigenvalue weighted by Gasteiger charge is -1.96. The number of aromatic nitrogens is 4. The normalized spacial score (nSPS) is 11.7. The minimum Gasteiger partial charge on any atom is -0.315 e. The van der Waals surface area contributed by atoms with E-state index in [1.807, 2.05) is 15.6 Å². The maximum atomic E-state index is 4.48.